The molecule has 1 aromatic carbocycles. The number of benzene rings is 1. The third kappa shape index (κ3) is 3.80. The SMILES string of the molecule is Cc1ccccc1-c1ccc2c(-c3nccc(C#N)c3N3CCC(F)(c4nncn4C)CC3)cnn2n1. The highest BCUT2D eigenvalue weighted by Gasteiger charge is 2.41. The van der Waals surface area contributed by atoms with Crippen LogP contribution in [-0.2, 0) is 12.7 Å². The molecule has 0 bridgehead atoms. The molecule has 0 unspecified atom stereocenters. The van der Waals surface area contributed by atoms with Crippen molar-refractivity contribution in [3.63, 3.8) is 0 Å². The van der Waals surface area contributed by atoms with Gasteiger partial charge in [0.25, 0.3) is 0 Å². The predicted molar refractivity (Wildman–Crippen MR) is 136 cm³/mol. The summed E-state index contributed by atoms with van der Waals surface area (Å²) in [4.78, 5) is 6.69. The molecule has 9 nitrogen and oxygen atoms in total. The van der Waals surface area contributed by atoms with Crippen molar-refractivity contribution in [3.8, 4) is 28.6 Å². The number of rotatable bonds is 4. The van der Waals surface area contributed by atoms with E-state index in [0.29, 0.717) is 35.9 Å². The summed E-state index contributed by atoms with van der Waals surface area (Å²) in [7, 11) is 1.75. The summed E-state index contributed by atoms with van der Waals surface area (Å²) in [5.74, 6) is 0.331. The van der Waals surface area contributed by atoms with E-state index in [1.165, 1.54) is 6.33 Å². The number of alkyl halides is 1. The molecule has 10 heteroatoms. The number of anilines is 1. The van der Waals surface area contributed by atoms with Crippen molar-refractivity contribution in [1.82, 2.24) is 34.6 Å². The Labute approximate surface area is 212 Å². The molecule has 4 aromatic heterocycles. The second-order valence-corrected chi connectivity index (χ2v) is 9.35. The average molecular weight is 494 g/mol. The molecule has 0 saturated carbocycles. The van der Waals surface area contributed by atoms with Crippen LogP contribution in [0.2, 0.25) is 0 Å². The highest BCUT2D eigenvalue weighted by Crippen LogP contribution is 2.41. The van der Waals surface area contributed by atoms with Crippen LogP contribution in [0.5, 0.6) is 0 Å². The minimum Gasteiger partial charge on any atom is -0.368 e. The second-order valence-electron chi connectivity index (χ2n) is 9.35. The first-order chi connectivity index (χ1) is 18.0. The molecule has 6 rings (SSSR count). The number of hydrogen-bond acceptors (Lipinski definition) is 7. The molecule has 0 atom stereocenters. The molecule has 5 aromatic rings. The van der Waals surface area contributed by atoms with Gasteiger partial charge in [-0.05, 0) is 30.7 Å². The van der Waals surface area contributed by atoms with Gasteiger partial charge in [-0.15, -0.1) is 15.3 Å². The molecule has 184 valence electrons. The van der Waals surface area contributed by atoms with Gasteiger partial charge in [-0.3, -0.25) is 4.98 Å². The third-order valence-corrected chi connectivity index (χ3v) is 7.09. The molecule has 0 spiro atoms. The third-order valence-electron chi connectivity index (χ3n) is 7.09. The summed E-state index contributed by atoms with van der Waals surface area (Å²) in [6, 6.07) is 16.0. The quantitative estimate of drug-likeness (QED) is 0.369. The molecule has 1 aliphatic heterocycles. The number of aromatic nitrogens is 7. The average Bonchev–Trinajstić information content (AvgIpc) is 3.55. The van der Waals surface area contributed by atoms with Gasteiger partial charge in [0.2, 0.25) is 0 Å². The highest BCUT2D eigenvalue weighted by molar-refractivity contribution is 5.88. The lowest BCUT2D eigenvalue weighted by molar-refractivity contribution is 0.109. The largest absolute Gasteiger partial charge is 0.368 e. The Morgan fingerprint density at radius 3 is 2.59 bits per heavy atom. The van der Waals surface area contributed by atoms with E-state index in [2.05, 4.69) is 39.3 Å². The zero-order valence-corrected chi connectivity index (χ0v) is 20.5. The van der Waals surface area contributed by atoms with Gasteiger partial charge in [-0.1, -0.05) is 24.3 Å². The molecule has 0 aliphatic carbocycles. The fraction of sp³-hybridized carbons (Fsp3) is 0.259. The molecule has 37 heavy (non-hydrogen) atoms. The van der Waals surface area contributed by atoms with Crippen molar-refractivity contribution in [2.24, 2.45) is 7.05 Å². The maximum Gasteiger partial charge on any atom is 0.173 e. The van der Waals surface area contributed by atoms with E-state index in [1.807, 2.05) is 35.2 Å². The van der Waals surface area contributed by atoms with Crippen molar-refractivity contribution in [3.05, 3.63) is 78.1 Å². The molecular weight excluding hydrogens is 469 g/mol. The van der Waals surface area contributed by atoms with Crippen molar-refractivity contribution >= 4 is 11.2 Å². The Balaban J connectivity index is 1.38. The minimum atomic E-state index is -1.57. The van der Waals surface area contributed by atoms with Gasteiger partial charge in [0.15, 0.2) is 11.5 Å². The van der Waals surface area contributed by atoms with Crippen molar-refractivity contribution in [1.29, 1.82) is 5.26 Å². The maximum absolute atomic E-state index is 15.8. The van der Waals surface area contributed by atoms with Crippen LogP contribution in [0.25, 0.3) is 28.0 Å². The summed E-state index contributed by atoms with van der Waals surface area (Å²) in [6.45, 7) is 2.87. The zero-order chi connectivity index (χ0) is 25.6. The zero-order valence-electron chi connectivity index (χ0n) is 20.5. The van der Waals surface area contributed by atoms with Crippen molar-refractivity contribution in [2.45, 2.75) is 25.4 Å². The standard InChI is InChI=1S/C27H24FN9/c1-18-5-3-4-6-20(18)22-7-8-23-21(16-32-37(23)34-22)24-25(19(15-29)9-12-30-24)36-13-10-27(28,11-14-36)26-33-31-17-35(26)2/h3-9,12,16-17H,10-11,13-14H2,1-2H3. The van der Waals surface area contributed by atoms with Crippen LogP contribution in [0.1, 0.15) is 29.8 Å². The van der Waals surface area contributed by atoms with E-state index < -0.39 is 5.67 Å². The molecule has 1 saturated heterocycles. The van der Waals surface area contributed by atoms with E-state index in [-0.39, 0.29) is 12.8 Å². The van der Waals surface area contributed by atoms with Crippen LogP contribution >= 0.6 is 0 Å². The Hall–Kier alpha value is -4.65. The minimum absolute atomic E-state index is 0.231. The number of halogens is 1. The number of nitriles is 1. The highest BCUT2D eigenvalue weighted by atomic mass is 19.1. The number of pyridine rings is 1. The van der Waals surface area contributed by atoms with E-state index in [9.17, 15) is 5.26 Å². The van der Waals surface area contributed by atoms with Crippen LogP contribution in [0.3, 0.4) is 0 Å². The lowest BCUT2D eigenvalue weighted by Crippen LogP contribution is -2.42. The Bertz CT molecular complexity index is 1650. The fourth-order valence-electron chi connectivity index (χ4n) is 5.12. The Kier molecular flexibility index (Phi) is 5.41. The Morgan fingerprint density at radius 2 is 1.86 bits per heavy atom. The fourth-order valence-corrected chi connectivity index (χ4v) is 5.12. The summed E-state index contributed by atoms with van der Waals surface area (Å²) in [5.41, 5.74) is 4.75. The maximum atomic E-state index is 15.8. The molecule has 5 heterocycles. The normalized spacial score (nSPS) is 15.1. The molecule has 1 aliphatic rings. The lowest BCUT2D eigenvalue weighted by Gasteiger charge is -2.37. The van der Waals surface area contributed by atoms with Gasteiger partial charge in [-0.2, -0.15) is 15.0 Å². The number of fused-ring (bicyclic) bond motifs is 1. The van der Waals surface area contributed by atoms with Gasteiger partial charge in [0.1, 0.15) is 12.4 Å². The van der Waals surface area contributed by atoms with Crippen LogP contribution < -0.4 is 4.90 Å². The van der Waals surface area contributed by atoms with Crippen molar-refractivity contribution < 1.29 is 4.39 Å². The summed E-state index contributed by atoms with van der Waals surface area (Å²) in [6.07, 6.45) is 5.32. The number of aryl methyl sites for hydroxylation is 2. The molecular formula is C27H24FN9. The van der Waals surface area contributed by atoms with Crippen LogP contribution in [0.15, 0.2) is 61.2 Å². The van der Waals surface area contributed by atoms with Gasteiger partial charge in [-0.25, -0.2) is 4.39 Å². The smallest absolute Gasteiger partial charge is 0.173 e. The van der Waals surface area contributed by atoms with Gasteiger partial charge >= 0.3 is 0 Å². The second kappa shape index (κ2) is 8.78. The van der Waals surface area contributed by atoms with Crippen LogP contribution in [-0.4, -0.2) is 47.7 Å². The van der Waals surface area contributed by atoms with Gasteiger partial charge in [0, 0.05) is 44.7 Å². The van der Waals surface area contributed by atoms with Crippen LogP contribution in [0, 0.1) is 18.3 Å². The van der Waals surface area contributed by atoms with E-state index >= 15 is 4.39 Å². The van der Waals surface area contributed by atoms with Gasteiger partial charge < -0.3 is 9.47 Å². The topological polar surface area (TPSA) is 101 Å². The number of piperidine rings is 1. The van der Waals surface area contributed by atoms with E-state index in [1.54, 1.807) is 34.7 Å². The first-order valence-electron chi connectivity index (χ1n) is 12.1. The number of hydrogen-bond donors (Lipinski definition) is 0. The van der Waals surface area contributed by atoms with Crippen molar-refractivity contribution in [2.75, 3.05) is 18.0 Å². The molecule has 0 radical (unpaired) electrons. The molecule has 0 amide bonds. The lowest BCUT2D eigenvalue weighted by atomic mass is 9.91. The summed E-state index contributed by atoms with van der Waals surface area (Å²) >= 11 is 0. The first kappa shape index (κ1) is 22.8. The molecule has 0 N–H and O–H groups in total. The van der Waals surface area contributed by atoms with E-state index in [4.69, 9.17) is 5.10 Å². The van der Waals surface area contributed by atoms with E-state index in [0.717, 1.165) is 27.9 Å². The predicted octanol–water partition coefficient (Wildman–Crippen LogP) is 4.23. The summed E-state index contributed by atoms with van der Waals surface area (Å²) in [5, 5.41) is 27.0. The molecule has 1 fully saturated rings. The summed E-state index contributed by atoms with van der Waals surface area (Å²) < 4.78 is 19.0. The number of nitrogens with zero attached hydrogens (tertiary/aromatic N) is 9. The van der Waals surface area contributed by atoms with Gasteiger partial charge in [0.05, 0.1) is 39.9 Å². The van der Waals surface area contributed by atoms with Crippen LogP contribution in [0.4, 0.5) is 10.1 Å². The first-order valence-corrected chi connectivity index (χ1v) is 12.1. The monoisotopic (exact) mass is 493 g/mol. The Morgan fingerprint density at radius 1 is 1.05 bits per heavy atom.